The Morgan fingerprint density at radius 2 is 2.19 bits per heavy atom. The first-order valence-electron chi connectivity index (χ1n) is 6.99. The molecule has 114 valence electrons. The van der Waals surface area contributed by atoms with Gasteiger partial charge >= 0.3 is 0 Å². The van der Waals surface area contributed by atoms with E-state index in [1.54, 1.807) is 0 Å². The van der Waals surface area contributed by atoms with Crippen molar-refractivity contribution >= 4 is 17.1 Å². The van der Waals surface area contributed by atoms with E-state index in [-0.39, 0.29) is 17.9 Å². The van der Waals surface area contributed by atoms with Crippen LogP contribution in [0.1, 0.15) is 26.3 Å². The van der Waals surface area contributed by atoms with Gasteiger partial charge in [-0.1, -0.05) is 0 Å². The van der Waals surface area contributed by atoms with Crippen molar-refractivity contribution < 1.29 is 9.13 Å². The first-order chi connectivity index (χ1) is 10.0. The zero-order valence-electron chi connectivity index (χ0n) is 12.3. The largest absolute Gasteiger partial charge is 0.479 e. The average Bonchev–Trinajstić information content (AvgIpc) is 3.00. The molecular weight excluding hydrogens is 275 g/mol. The smallest absolute Gasteiger partial charge is 0.291 e. The Hall–Kier alpha value is -1.96. The number of aromatic nitrogens is 4. The van der Waals surface area contributed by atoms with Crippen LogP contribution in [0, 0.1) is 12.0 Å². The Kier molecular flexibility index (Phi) is 3.40. The molecule has 3 heterocycles. The number of rotatable bonds is 3. The van der Waals surface area contributed by atoms with Crippen LogP contribution in [-0.2, 0) is 0 Å². The van der Waals surface area contributed by atoms with Crippen LogP contribution in [0.15, 0.2) is 0 Å². The van der Waals surface area contributed by atoms with Crippen molar-refractivity contribution in [1.82, 2.24) is 24.8 Å². The molecule has 2 aromatic heterocycles. The van der Waals surface area contributed by atoms with Crippen molar-refractivity contribution in [2.75, 3.05) is 19.4 Å². The zero-order valence-corrected chi connectivity index (χ0v) is 12.3. The number of nitrogens with zero attached hydrogens (tertiary/aromatic N) is 4. The van der Waals surface area contributed by atoms with Crippen LogP contribution in [0.25, 0.3) is 11.2 Å². The molecule has 8 heteroatoms. The second kappa shape index (κ2) is 5.10. The van der Waals surface area contributed by atoms with Gasteiger partial charge in [-0.05, 0) is 26.2 Å². The molecule has 2 aromatic rings. The van der Waals surface area contributed by atoms with Gasteiger partial charge in [0.2, 0.25) is 11.8 Å². The number of ether oxygens (including phenoxy) is 1. The Morgan fingerprint density at radius 1 is 1.43 bits per heavy atom. The Morgan fingerprint density at radius 3 is 2.81 bits per heavy atom. The first-order valence-corrected chi connectivity index (χ1v) is 6.99. The van der Waals surface area contributed by atoms with E-state index in [1.165, 1.54) is 11.7 Å². The van der Waals surface area contributed by atoms with Crippen LogP contribution in [0.2, 0.25) is 0 Å². The zero-order chi connectivity index (χ0) is 15.1. The molecule has 1 aliphatic heterocycles. The average molecular weight is 294 g/mol. The number of halogens is 1. The number of fused-ring (bicyclic) bond motifs is 1. The number of methoxy groups -OCH3 is 1. The van der Waals surface area contributed by atoms with Gasteiger partial charge in [0.05, 0.1) is 7.11 Å². The minimum absolute atomic E-state index is 0.0469. The van der Waals surface area contributed by atoms with Gasteiger partial charge in [0.1, 0.15) is 0 Å². The fraction of sp³-hybridized carbons (Fsp3) is 0.615. The molecule has 3 atom stereocenters. The molecule has 1 fully saturated rings. The molecule has 1 aliphatic rings. The van der Waals surface area contributed by atoms with Crippen molar-refractivity contribution in [3.8, 4) is 5.88 Å². The van der Waals surface area contributed by atoms with E-state index in [9.17, 15) is 4.39 Å². The third kappa shape index (κ3) is 2.29. The van der Waals surface area contributed by atoms with Gasteiger partial charge in [-0.15, -0.1) is 0 Å². The number of hydrogen-bond donors (Lipinski definition) is 2. The molecule has 3 unspecified atom stereocenters. The third-order valence-corrected chi connectivity index (χ3v) is 4.15. The van der Waals surface area contributed by atoms with Gasteiger partial charge in [0.15, 0.2) is 11.2 Å². The Balaban J connectivity index is 2.09. The van der Waals surface area contributed by atoms with Crippen molar-refractivity contribution in [2.45, 2.75) is 32.4 Å². The maximum absolute atomic E-state index is 14.3. The topological polar surface area (TPSA) is 90.9 Å². The Labute approximate surface area is 121 Å². The van der Waals surface area contributed by atoms with Crippen LogP contribution in [0.5, 0.6) is 5.88 Å². The highest BCUT2D eigenvalue weighted by molar-refractivity contribution is 5.77. The summed E-state index contributed by atoms with van der Waals surface area (Å²) in [5.74, 6) is 0.556. The molecular formula is C13H19FN6O. The van der Waals surface area contributed by atoms with E-state index in [1.807, 2.05) is 6.92 Å². The van der Waals surface area contributed by atoms with Gasteiger partial charge in [-0.25, -0.2) is 0 Å². The summed E-state index contributed by atoms with van der Waals surface area (Å²) in [5.41, 5.74) is 6.36. The van der Waals surface area contributed by atoms with Gasteiger partial charge < -0.3 is 15.8 Å². The van der Waals surface area contributed by atoms with Crippen LogP contribution < -0.4 is 15.8 Å². The molecule has 0 amide bonds. The summed E-state index contributed by atoms with van der Waals surface area (Å²) in [7, 11) is 1.45. The lowest BCUT2D eigenvalue weighted by molar-refractivity contribution is 0.332. The predicted octanol–water partition coefficient (Wildman–Crippen LogP) is 1.12. The lowest BCUT2D eigenvalue weighted by Gasteiger charge is -2.20. The van der Waals surface area contributed by atoms with Gasteiger partial charge in [0, 0.05) is 18.6 Å². The summed E-state index contributed by atoms with van der Waals surface area (Å²) in [6, 6.07) is 0.357. The summed E-state index contributed by atoms with van der Waals surface area (Å²) in [4.78, 5) is 12.0. The van der Waals surface area contributed by atoms with E-state index in [0.29, 0.717) is 23.1 Å². The summed E-state index contributed by atoms with van der Waals surface area (Å²) < 4.78 is 20.9. The van der Waals surface area contributed by atoms with E-state index in [0.717, 1.165) is 13.0 Å². The molecule has 7 nitrogen and oxygen atoms in total. The summed E-state index contributed by atoms with van der Waals surface area (Å²) >= 11 is 0. The molecule has 0 radical (unpaired) electrons. The molecule has 0 bridgehead atoms. The maximum atomic E-state index is 14.3. The summed E-state index contributed by atoms with van der Waals surface area (Å²) in [6.45, 7) is 4.94. The molecule has 3 rings (SSSR count). The maximum Gasteiger partial charge on any atom is 0.291 e. The van der Waals surface area contributed by atoms with Gasteiger partial charge in [-0.2, -0.15) is 19.3 Å². The summed E-state index contributed by atoms with van der Waals surface area (Å²) in [6.07, 6.45) is 0.396. The minimum atomic E-state index is -0.588. The molecule has 0 spiro atoms. The molecule has 0 aliphatic carbocycles. The first kappa shape index (κ1) is 14.0. The number of nitrogen functional groups attached to an aromatic ring is 1. The molecule has 0 aromatic carbocycles. The minimum Gasteiger partial charge on any atom is -0.479 e. The second-order valence-corrected chi connectivity index (χ2v) is 5.56. The van der Waals surface area contributed by atoms with Crippen LogP contribution in [0.3, 0.4) is 0 Å². The van der Waals surface area contributed by atoms with E-state index >= 15 is 0 Å². The number of imidazole rings is 1. The fourth-order valence-corrected chi connectivity index (χ4v) is 2.99. The lowest BCUT2D eigenvalue weighted by Crippen LogP contribution is -2.21. The van der Waals surface area contributed by atoms with Gasteiger partial charge in [-0.3, -0.25) is 4.57 Å². The number of anilines is 1. The van der Waals surface area contributed by atoms with Crippen molar-refractivity contribution in [1.29, 1.82) is 0 Å². The second-order valence-electron chi connectivity index (χ2n) is 5.56. The molecule has 3 N–H and O–H groups in total. The Bertz CT molecular complexity index is 672. The highest BCUT2D eigenvalue weighted by atomic mass is 19.1. The molecule has 1 saturated heterocycles. The SMILES string of the molecule is COc1nc(N)nc2c1nc(F)n2C(C)C1CNC(C)C1. The van der Waals surface area contributed by atoms with E-state index < -0.39 is 6.08 Å². The van der Waals surface area contributed by atoms with E-state index in [2.05, 4.69) is 27.2 Å². The number of hydrogen-bond acceptors (Lipinski definition) is 6. The fourth-order valence-electron chi connectivity index (χ4n) is 2.99. The summed E-state index contributed by atoms with van der Waals surface area (Å²) in [5, 5.41) is 3.38. The third-order valence-electron chi connectivity index (χ3n) is 4.15. The number of nitrogens with one attached hydrogen (secondary N) is 1. The molecule has 0 saturated carbocycles. The number of nitrogens with two attached hydrogens (primary N) is 1. The highest BCUT2D eigenvalue weighted by Crippen LogP contribution is 2.32. The normalized spacial score (nSPS) is 23.6. The standard InChI is InChI=1S/C13H19FN6O/c1-6-4-8(5-16-6)7(2)20-10-9(17-12(20)14)11(21-3)19-13(15)18-10/h6-8,16H,4-5H2,1-3H3,(H2,15,18,19). The predicted molar refractivity (Wildman–Crippen MR) is 76.5 cm³/mol. The van der Waals surface area contributed by atoms with Gasteiger partial charge in [0.25, 0.3) is 6.08 Å². The monoisotopic (exact) mass is 294 g/mol. The van der Waals surface area contributed by atoms with E-state index in [4.69, 9.17) is 10.5 Å². The van der Waals surface area contributed by atoms with Crippen LogP contribution >= 0.6 is 0 Å². The van der Waals surface area contributed by atoms with Crippen molar-refractivity contribution in [3.63, 3.8) is 0 Å². The quantitative estimate of drug-likeness (QED) is 0.824. The molecule has 21 heavy (non-hydrogen) atoms. The van der Waals surface area contributed by atoms with Crippen LogP contribution in [0.4, 0.5) is 10.3 Å². The lowest BCUT2D eigenvalue weighted by atomic mass is 9.98. The van der Waals surface area contributed by atoms with Crippen molar-refractivity contribution in [2.24, 2.45) is 5.92 Å². The highest BCUT2D eigenvalue weighted by Gasteiger charge is 2.30. The van der Waals surface area contributed by atoms with Crippen molar-refractivity contribution in [3.05, 3.63) is 6.08 Å². The van der Waals surface area contributed by atoms with Crippen LogP contribution in [-0.4, -0.2) is 39.2 Å².